The molecule has 9 nitrogen and oxygen atoms in total. The van der Waals surface area contributed by atoms with E-state index in [9.17, 15) is 0 Å². The number of piperazine rings is 1. The van der Waals surface area contributed by atoms with Crippen LogP contribution >= 0.6 is 11.6 Å². The van der Waals surface area contributed by atoms with Crippen LogP contribution in [0.25, 0.3) is 22.6 Å². The Balaban J connectivity index is 1.23. The molecule has 0 amide bonds. The van der Waals surface area contributed by atoms with Crippen molar-refractivity contribution in [3.05, 3.63) is 35.5 Å². The highest BCUT2D eigenvalue weighted by Gasteiger charge is 2.22. The van der Waals surface area contributed by atoms with Crippen molar-refractivity contribution in [3.63, 3.8) is 0 Å². The molecule has 0 aliphatic carbocycles. The number of halogens is 1. The van der Waals surface area contributed by atoms with Crippen LogP contribution in [0.15, 0.2) is 30.5 Å². The van der Waals surface area contributed by atoms with Crippen LogP contribution in [0.4, 0.5) is 11.4 Å². The topological polar surface area (TPSA) is 81.8 Å². The van der Waals surface area contributed by atoms with Crippen molar-refractivity contribution < 1.29 is 9.47 Å². The second kappa shape index (κ2) is 13.1. The Morgan fingerprint density at radius 1 is 0.947 bits per heavy atom. The summed E-state index contributed by atoms with van der Waals surface area (Å²) in [6.07, 6.45) is 4.92. The van der Waals surface area contributed by atoms with Gasteiger partial charge in [-0.3, -0.25) is 4.90 Å². The monoisotopic (exact) mass is 541 g/mol. The highest BCUT2D eigenvalue weighted by atomic mass is 35.5. The molecule has 0 atom stereocenters. The number of benzene rings is 1. The number of rotatable bonds is 11. The molecule has 0 unspecified atom stereocenters. The van der Waals surface area contributed by atoms with Gasteiger partial charge in [-0.25, -0.2) is 9.97 Å². The van der Waals surface area contributed by atoms with E-state index >= 15 is 0 Å². The number of fused-ring (bicyclic) bond motifs is 1. The van der Waals surface area contributed by atoms with Crippen LogP contribution in [-0.2, 0) is 9.47 Å². The van der Waals surface area contributed by atoms with Gasteiger partial charge in [0.2, 0.25) is 0 Å². The second-order valence-electron chi connectivity index (χ2n) is 10.2. The fourth-order valence-corrected chi connectivity index (χ4v) is 5.62. The molecular formula is C28H40ClN7O2. The van der Waals surface area contributed by atoms with Crippen LogP contribution in [-0.4, -0.2) is 111 Å². The van der Waals surface area contributed by atoms with Gasteiger partial charge in [0.25, 0.3) is 0 Å². The lowest BCUT2D eigenvalue weighted by atomic mass is 10.0. The number of aromatic amines is 1. The molecule has 0 saturated carbocycles. The number of hydrogen-bond donors (Lipinski definition) is 2. The van der Waals surface area contributed by atoms with E-state index in [1.165, 1.54) is 5.69 Å². The SMILES string of the molecule is COCCCN1CCN(c2ccc(-c3nc4c(NC5CCN(CCOC)CC5)c(Cl)cnc4[nH]3)cc2)CC1. The number of piperidine rings is 1. The molecule has 1 aromatic carbocycles. The zero-order valence-corrected chi connectivity index (χ0v) is 23.3. The summed E-state index contributed by atoms with van der Waals surface area (Å²) in [7, 11) is 3.52. The predicted octanol–water partition coefficient (Wildman–Crippen LogP) is 3.96. The van der Waals surface area contributed by atoms with Crippen LogP contribution in [0.5, 0.6) is 0 Å². The number of H-pyrrole nitrogens is 1. The number of hydrogen-bond acceptors (Lipinski definition) is 8. The molecule has 2 fully saturated rings. The number of methoxy groups -OCH3 is 2. The smallest absolute Gasteiger partial charge is 0.159 e. The molecule has 2 aliphatic heterocycles. The van der Waals surface area contributed by atoms with E-state index in [-0.39, 0.29) is 0 Å². The number of ether oxygens (including phenoxy) is 2. The largest absolute Gasteiger partial charge is 0.385 e. The van der Waals surface area contributed by atoms with Crippen LogP contribution < -0.4 is 10.2 Å². The lowest BCUT2D eigenvalue weighted by molar-refractivity contribution is 0.132. The fourth-order valence-electron chi connectivity index (χ4n) is 5.42. The van der Waals surface area contributed by atoms with Gasteiger partial charge in [-0.1, -0.05) is 11.6 Å². The summed E-state index contributed by atoms with van der Waals surface area (Å²) in [5.41, 5.74) is 4.70. The highest BCUT2D eigenvalue weighted by Crippen LogP contribution is 2.32. The highest BCUT2D eigenvalue weighted by molar-refractivity contribution is 6.34. The van der Waals surface area contributed by atoms with Crippen molar-refractivity contribution in [1.82, 2.24) is 24.8 Å². The Morgan fingerprint density at radius 2 is 1.66 bits per heavy atom. The molecule has 206 valence electrons. The molecular weight excluding hydrogens is 502 g/mol. The van der Waals surface area contributed by atoms with E-state index in [0.717, 1.165) is 113 Å². The Labute approximate surface area is 230 Å². The average molecular weight is 542 g/mol. The molecule has 2 aliphatic rings. The van der Waals surface area contributed by atoms with Gasteiger partial charge in [0.05, 0.1) is 23.5 Å². The van der Waals surface area contributed by atoms with Crippen LogP contribution in [0.3, 0.4) is 0 Å². The van der Waals surface area contributed by atoms with Gasteiger partial charge in [0.1, 0.15) is 11.3 Å². The summed E-state index contributed by atoms with van der Waals surface area (Å²) in [5.74, 6) is 0.807. The third-order valence-corrected chi connectivity index (χ3v) is 8.00. The molecule has 10 heteroatoms. The van der Waals surface area contributed by atoms with E-state index in [0.29, 0.717) is 11.1 Å². The van der Waals surface area contributed by atoms with Gasteiger partial charge < -0.3 is 29.6 Å². The van der Waals surface area contributed by atoms with E-state index in [1.54, 1.807) is 20.4 Å². The van der Waals surface area contributed by atoms with Crippen LogP contribution in [0.1, 0.15) is 19.3 Å². The number of aromatic nitrogens is 3. The van der Waals surface area contributed by atoms with E-state index in [1.807, 2.05) is 0 Å². The van der Waals surface area contributed by atoms with E-state index < -0.39 is 0 Å². The molecule has 0 spiro atoms. The number of nitrogens with zero attached hydrogens (tertiary/aromatic N) is 5. The molecule has 2 N–H and O–H groups in total. The number of likely N-dealkylation sites (tertiary alicyclic amines) is 1. The average Bonchev–Trinajstić information content (AvgIpc) is 3.40. The molecule has 0 radical (unpaired) electrons. The molecule has 2 aromatic heterocycles. The number of pyridine rings is 1. The fraction of sp³-hybridized carbons (Fsp3) is 0.571. The first-order chi connectivity index (χ1) is 18.6. The Hall–Kier alpha value is -2.43. The zero-order valence-electron chi connectivity index (χ0n) is 22.6. The summed E-state index contributed by atoms with van der Waals surface area (Å²) in [6.45, 7) is 10.1. The van der Waals surface area contributed by atoms with Gasteiger partial charge in [-0.2, -0.15) is 0 Å². The van der Waals surface area contributed by atoms with Crippen LogP contribution in [0.2, 0.25) is 5.02 Å². The van der Waals surface area contributed by atoms with Crippen molar-refractivity contribution in [2.75, 3.05) is 90.0 Å². The molecule has 38 heavy (non-hydrogen) atoms. The molecule has 0 bridgehead atoms. The van der Waals surface area contributed by atoms with Crippen molar-refractivity contribution in [2.45, 2.75) is 25.3 Å². The first-order valence-electron chi connectivity index (χ1n) is 13.7. The third-order valence-electron chi connectivity index (χ3n) is 7.72. The van der Waals surface area contributed by atoms with Gasteiger partial charge >= 0.3 is 0 Å². The lowest BCUT2D eigenvalue weighted by Crippen LogP contribution is -2.46. The summed E-state index contributed by atoms with van der Waals surface area (Å²) in [5, 5.41) is 4.28. The number of nitrogens with one attached hydrogen (secondary N) is 2. The zero-order chi connectivity index (χ0) is 26.3. The standard InChI is InChI=1S/C28H40ClN7O2/c1-37-18-3-10-34-13-15-36(16-14-34)23-6-4-21(5-7-23)27-32-26-25(24(29)20-30-28(26)33-27)31-22-8-11-35(12-9-22)17-19-38-2/h4-7,20,22H,3,8-19H2,1-2H3,(H2,30,31,32,33). The maximum atomic E-state index is 6.61. The summed E-state index contributed by atoms with van der Waals surface area (Å²) < 4.78 is 10.4. The molecule has 2 saturated heterocycles. The molecule has 3 aromatic rings. The van der Waals surface area contributed by atoms with Gasteiger partial charge in [-0.15, -0.1) is 0 Å². The normalized spacial score (nSPS) is 17.9. The Morgan fingerprint density at radius 3 is 2.37 bits per heavy atom. The summed E-state index contributed by atoms with van der Waals surface area (Å²) in [4.78, 5) is 20.3. The lowest BCUT2D eigenvalue weighted by Gasteiger charge is -2.36. The third kappa shape index (κ3) is 6.58. The van der Waals surface area contributed by atoms with Gasteiger partial charge in [0.15, 0.2) is 5.65 Å². The van der Waals surface area contributed by atoms with Crippen molar-refractivity contribution in [1.29, 1.82) is 0 Å². The minimum absolute atomic E-state index is 0.358. The predicted molar refractivity (Wildman–Crippen MR) is 154 cm³/mol. The van der Waals surface area contributed by atoms with Gasteiger partial charge in [-0.05, 0) is 43.5 Å². The molecule has 5 rings (SSSR count). The van der Waals surface area contributed by atoms with Crippen molar-refractivity contribution in [2.24, 2.45) is 0 Å². The first kappa shape index (κ1) is 27.1. The first-order valence-corrected chi connectivity index (χ1v) is 14.1. The second-order valence-corrected chi connectivity index (χ2v) is 10.6. The minimum Gasteiger partial charge on any atom is -0.385 e. The van der Waals surface area contributed by atoms with Crippen molar-refractivity contribution in [3.8, 4) is 11.4 Å². The van der Waals surface area contributed by atoms with Crippen molar-refractivity contribution >= 4 is 34.1 Å². The maximum absolute atomic E-state index is 6.61. The molecule has 4 heterocycles. The van der Waals surface area contributed by atoms with Crippen LogP contribution in [0, 0.1) is 0 Å². The minimum atomic E-state index is 0.358. The van der Waals surface area contributed by atoms with E-state index in [4.69, 9.17) is 26.1 Å². The number of imidazole rings is 1. The summed E-state index contributed by atoms with van der Waals surface area (Å²) >= 11 is 6.61. The number of anilines is 2. The Kier molecular flexibility index (Phi) is 9.35. The maximum Gasteiger partial charge on any atom is 0.159 e. The summed E-state index contributed by atoms with van der Waals surface area (Å²) in [6, 6.07) is 9.03. The quantitative estimate of drug-likeness (QED) is 0.353. The van der Waals surface area contributed by atoms with E-state index in [2.05, 4.69) is 54.2 Å². The van der Waals surface area contributed by atoms with Gasteiger partial charge in [0, 0.05) is 90.5 Å². The Bertz CT molecular complexity index is 1160.